The molecule has 19 heavy (non-hydrogen) atoms. The van der Waals surface area contributed by atoms with Gasteiger partial charge in [0, 0.05) is 21.8 Å². The predicted molar refractivity (Wildman–Crippen MR) is 78.9 cm³/mol. The third-order valence-corrected chi connectivity index (χ3v) is 5.71. The maximum Gasteiger partial charge on any atom is 0.310 e. The molecule has 0 saturated heterocycles. The molecular weight excluding hydrogens is 258 g/mol. The predicted octanol–water partition coefficient (Wildman–Crippen LogP) is 2.58. The Kier molecular flexibility index (Phi) is 4.31. The number of rotatable bonds is 2. The zero-order valence-electron chi connectivity index (χ0n) is 12.4. The highest BCUT2D eigenvalue weighted by molar-refractivity contribution is 7.12. The standard InChI is InChI=1S/C15H23NO2S/c1-9-6-12-11(3)13(8-15(17)18-5)19-14(12)7-10(2)16(9)4/h9-10H,6-8H2,1-5H3. The lowest BCUT2D eigenvalue weighted by Crippen LogP contribution is -2.37. The first kappa shape index (κ1) is 14.5. The third kappa shape index (κ3) is 2.84. The molecule has 0 aliphatic carbocycles. The van der Waals surface area contributed by atoms with Crippen LogP contribution < -0.4 is 0 Å². The van der Waals surface area contributed by atoms with Crippen LogP contribution in [0, 0.1) is 6.92 Å². The monoisotopic (exact) mass is 281 g/mol. The molecule has 0 N–H and O–H groups in total. The van der Waals surface area contributed by atoms with Crippen molar-refractivity contribution in [3.63, 3.8) is 0 Å². The molecule has 106 valence electrons. The Morgan fingerprint density at radius 2 is 2.00 bits per heavy atom. The van der Waals surface area contributed by atoms with Gasteiger partial charge in [-0.2, -0.15) is 0 Å². The van der Waals surface area contributed by atoms with Crippen LogP contribution in [0.5, 0.6) is 0 Å². The molecule has 1 aliphatic heterocycles. The van der Waals surface area contributed by atoms with Crippen LogP contribution in [0.1, 0.15) is 34.7 Å². The van der Waals surface area contributed by atoms with Crippen LogP contribution >= 0.6 is 11.3 Å². The quantitative estimate of drug-likeness (QED) is 0.780. The van der Waals surface area contributed by atoms with Crippen LogP contribution in [0.4, 0.5) is 0 Å². The van der Waals surface area contributed by atoms with Crippen molar-refractivity contribution in [2.24, 2.45) is 0 Å². The lowest BCUT2D eigenvalue weighted by molar-refractivity contribution is -0.139. The zero-order valence-corrected chi connectivity index (χ0v) is 13.3. The van der Waals surface area contributed by atoms with E-state index in [1.807, 2.05) is 0 Å². The van der Waals surface area contributed by atoms with E-state index in [4.69, 9.17) is 4.74 Å². The van der Waals surface area contributed by atoms with Gasteiger partial charge < -0.3 is 9.64 Å². The Balaban J connectivity index is 2.31. The van der Waals surface area contributed by atoms with Gasteiger partial charge in [-0.05, 0) is 51.8 Å². The Hall–Kier alpha value is -0.870. The minimum atomic E-state index is -0.141. The molecule has 0 spiro atoms. The number of fused-ring (bicyclic) bond motifs is 1. The summed E-state index contributed by atoms with van der Waals surface area (Å²) in [7, 11) is 3.66. The molecular formula is C15H23NO2S. The molecule has 1 aliphatic rings. The number of carbonyl (C=O) groups is 1. The molecule has 0 saturated carbocycles. The van der Waals surface area contributed by atoms with E-state index in [1.54, 1.807) is 11.3 Å². The van der Waals surface area contributed by atoms with Gasteiger partial charge in [0.05, 0.1) is 13.5 Å². The Morgan fingerprint density at radius 1 is 1.37 bits per heavy atom. The van der Waals surface area contributed by atoms with Gasteiger partial charge in [-0.25, -0.2) is 0 Å². The largest absolute Gasteiger partial charge is 0.469 e. The van der Waals surface area contributed by atoms with E-state index in [9.17, 15) is 4.79 Å². The number of nitrogens with zero attached hydrogens (tertiary/aromatic N) is 1. The van der Waals surface area contributed by atoms with Crippen LogP contribution in [0.3, 0.4) is 0 Å². The molecule has 1 aromatic rings. The number of hydrogen-bond acceptors (Lipinski definition) is 4. The zero-order chi connectivity index (χ0) is 14.2. The Bertz CT molecular complexity index is 481. The Labute approximate surface area is 119 Å². The molecule has 1 aromatic heterocycles. The van der Waals surface area contributed by atoms with E-state index >= 15 is 0 Å². The van der Waals surface area contributed by atoms with Gasteiger partial charge >= 0.3 is 5.97 Å². The van der Waals surface area contributed by atoms with Crippen LogP contribution in [-0.2, 0) is 28.8 Å². The lowest BCUT2D eigenvalue weighted by atomic mass is 10.0. The topological polar surface area (TPSA) is 29.5 Å². The summed E-state index contributed by atoms with van der Waals surface area (Å²) in [5.41, 5.74) is 2.77. The van der Waals surface area contributed by atoms with Gasteiger partial charge in [-0.15, -0.1) is 11.3 Å². The number of esters is 1. The number of carbonyl (C=O) groups excluding carboxylic acids is 1. The van der Waals surface area contributed by atoms with E-state index in [0.29, 0.717) is 18.5 Å². The SMILES string of the molecule is COC(=O)Cc1sc2c(c1C)CC(C)N(C)C(C)C2. The summed E-state index contributed by atoms with van der Waals surface area (Å²) in [4.78, 5) is 16.6. The average molecular weight is 281 g/mol. The first-order chi connectivity index (χ1) is 8.93. The molecule has 0 bridgehead atoms. The van der Waals surface area contributed by atoms with Gasteiger partial charge in [0.25, 0.3) is 0 Å². The molecule has 2 heterocycles. The van der Waals surface area contributed by atoms with Gasteiger partial charge in [0.2, 0.25) is 0 Å². The van der Waals surface area contributed by atoms with E-state index in [1.165, 1.54) is 28.0 Å². The Morgan fingerprint density at radius 3 is 2.63 bits per heavy atom. The van der Waals surface area contributed by atoms with Crippen molar-refractivity contribution in [3.8, 4) is 0 Å². The minimum Gasteiger partial charge on any atom is -0.469 e. The average Bonchev–Trinajstić information content (AvgIpc) is 2.60. The maximum atomic E-state index is 11.5. The van der Waals surface area contributed by atoms with Crippen molar-refractivity contribution >= 4 is 17.3 Å². The first-order valence-corrected chi connectivity index (χ1v) is 7.64. The number of hydrogen-bond donors (Lipinski definition) is 0. The summed E-state index contributed by atoms with van der Waals surface area (Å²) in [5.74, 6) is -0.141. The van der Waals surface area contributed by atoms with Crippen molar-refractivity contribution in [2.45, 2.75) is 52.1 Å². The fraction of sp³-hybridized carbons (Fsp3) is 0.667. The number of methoxy groups -OCH3 is 1. The minimum absolute atomic E-state index is 0.141. The number of ether oxygens (including phenoxy) is 1. The molecule has 2 unspecified atom stereocenters. The molecule has 0 radical (unpaired) electrons. The molecule has 0 amide bonds. The van der Waals surface area contributed by atoms with Crippen molar-refractivity contribution in [3.05, 3.63) is 20.9 Å². The normalized spacial score (nSPS) is 23.8. The van der Waals surface area contributed by atoms with Crippen molar-refractivity contribution in [1.29, 1.82) is 0 Å². The van der Waals surface area contributed by atoms with E-state index in [2.05, 4.69) is 32.7 Å². The second-order valence-corrected chi connectivity index (χ2v) is 6.77. The van der Waals surface area contributed by atoms with Crippen LogP contribution in [-0.4, -0.2) is 37.1 Å². The van der Waals surface area contributed by atoms with Crippen molar-refractivity contribution < 1.29 is 9.53 Å². The maximum absolute atomic E-state index is 11.5. The van der Waals surface area contributed by atoms with Crippen LogP contribution in [0.15, 0.2) is 0 Å². The van der Waals surface area contributed by atoms with E-state index in [-0.39, 0.29) is 5.97 Å². The van der Waals surface area contributed by atoms with Gasteiger partial charge in [0.1, 0.15) is 0 Å². The summed E-state index contributed by atoms with van der Waals surface area (Å²) < 4.78 is 4.78. The second-order valence-electron chi connectivity index (χ2n) is 5.58. The second kappa shape index (κ2) is 5.63. The van der Waals surface area contributed by atoms with Crippen LogP contribution in [0.2, 0.25) is 0 Å². The fourth-order valence-electron chi connectivity index (χ4n) is 2.75. The van der Waals surface area contributed by atoms with Crippen molar-refractivity contribution in [2.75, 3.05) is 14.2 Å². The molecule has 0 fully saturated rings. The summed E-state index contributed by atoms with van der Waals surface area (Å²) in [6.45, 7) is 6.71. The summed E-state index contributed by atoms with van der Waals surface area (Å²) in [5, 5.41) is 0. The molecule has 3 nitrogen and oxygen atoms in total. The highest BCUT2D eigenvalue weighted by atomic mass is 32.1. The van der Waals surface area contributed by atoms with Gasteiger partial charge in [0.15, 0.2) is 0 Å². The smallest absolute Gasteiger partial charge is 0.310 e. The number of thiophene rings is 1. The summed E-state index contributed by atoms with van der Waals surface area (Å²) >= 11 is 1.80. The highest BCUT2D eigenvalue weighted by Crippen LogP contribution is 2.34. The van der Waals surface area contributed by atoms with Crippen molar-refractivity contribution in [1.82, 2.24) is 4.90 Å². The lowest BCUT2D eigenvalue weighted by Gasteiger charge is -2.28. The number of likely N-dealkylation sites (N-methyl/N-ethyl adjacent to an activating group) is 1. The van der Waals surface area contributed by atoms with E-state index in [0.717, 1.165) is 12.8 Å². The van der Waals surface area contributed by atoms with Gasteiger partial charge in [-0.3, -0.25) is 4.79 Å². The summed E-state index contributed by atoms with van der Waals surface area (Å²) in [6, 6.07) is 1.11. The molecule has 4 heteroatoms. The molecule has 2 atom stereocenters. The first-order valence-electron chi connectivity index (χ1n) is 6.82. The molecule has 2 rings (SSSR count). The highest BCUT2D eigenvalue weighted by Gasteiger charge is 2.27. The summed E-state index contributed by atoms with van der Waals surface area (Å²) in [6.07, 6.45) is 2.58. The van der Waals surface area contributed by atoms with Crippen LogP contribution in [0.25, 0.3) is 0 Å². The molecule has 0 aromatic carbocycles. The van der Waals surface area contributed by atoms with E-state index < -0.39 is 0 Å². The third-order valence-electron chi connectivity index (χ3n) is 4.36. The fourth-order valence-corrected chi connectivity index (χ4v) is 4.20. The van der Waals surface area contributed by atoms with Gasteiger partial charge in [-0.1, -0.05) is 0 Å².